The Morgan fingerprint density at radius 3 is 2.94 bits per heavy atom. The summed E-state index contributed by atoms with van der Waals surface area (Å²) in [4.78, 5) is 0. The molecule has 1 fully saturated rings. The molecule has 1 aromatic rings. The van der Waals surface area contributed by atoms with Gasteiger partial charge in [0.2, 0.25) is 0 Å². The summed E-state index contributed by atoms with van der Waals surface area (Å²) in [6.07, 6.45) is 5.18. The third-order valence-electron chi connectivity index (χ3n) is 3.91. The van der Waals surface area contributed by atoms with Crippen molar-refractivity contribution in [1.82, 2.24) is 5.32 Å². The highest BCUT2D eigenvalue weighted by Gasteiger charge is 2.23. The van der Waals surface area contributed by atoms with Gasteiger partial charge in [-0.15, -0.1) is 0 Å². The summed E-state index contributed by atoms with van der Waals surface area (Å²) in [5.74, 6) is 1.57. The fraction of sp³-hybridized carbons (Fsp3) is 0.600. The third kappa shape index (κ3) is 3.47. The summed E-state index contributed by atoms with van der Waals surface area (Å²) in [5.41, 5.74) is 7.12. The molecular weight excluding hydrogens is 224 g/mol. The number of nitrogens with two attached hydrogens (primary N) is 1. The molecule has 0 bridgehead atoms. The first-order valence-electron chi connectivity index (χ1n) is 6.90. The molecule has 2 rings (SSSR count). The van der Waals surface area contributed by atoms with Gasteiger partial charge in [0.1, 0.15) is 5.75 Å². The highest BCUT2D eigenvalue weighted by atomic mass is 16.5. The Kier molecular flexibility index (Phi) is 5.02. The van der Waals surface area contributed by atoms with Crippen LogP contribution in [0.25, 0.3) is 0 Å². The number of hydrogen-bond acceptors (Lipinski definition) is 3. The van der Waals surface area contributed by atoms with Crippen molar-refractivity contribution in [2.75, 3.05) is 13.7 Å². The molecule has 3 N–H and O–H groups in total. The lowest BCUT2D eigenvalue weighted by Crippen LogP contribution is -2.41. The van der Waals surface area contributed by atoms with Crippen molar-refractivity contribution in [2.24, 2.45) is 11.7 Å². The zero-order chi connectivity index (χ0) is 12.8. The monoisotopic (exact) mass is 248 g/mol. The van der Waals surface area contributed by atoms with Crippen LogP contribution in [0.15, 0.2) is 24.3 Å². The van der Waals surface area contributed by atoms with Crippen LogP contribution in [0.4, 0.5) is 0 Å². The van der Waals surface area contributed by atoms with E-state index in [1.54, 1.807) is 7.11 Å². The number of hydrogen-bond donors (Lipinski definition) is 2. The average Bonchev–Trinajstić information content (AvgIpc) is 2.45. The molecule has 1 saturated carbocycles. The summed E-state index contributed by atoms with van der Waals surface area (Å²) >= 11 is 0. The largest absolute Gasteiger partial charge is 0.497 e. The van der Waals surface area contributed by atoms with Crippen molar-refractivity contribution in [3.05, 3.63) is 29.8 Å². The van der Waals surface area contributed by atoms with Crippen LogP contribution in [0.5, 0.6) is 5.75 Å². The van der Waals surface area contributed by atoms with E-state index in [2.05, 4.69) is 17.4 Å². The lowest BCUT2D eigenvalue weighted by Gasteiger charge is -2.31. The van der Waals surface area contributed by atoms with Gasteiger partial charge in [0.15, 0.2) is 0 Å². The molecule has 0 spiro atoms. The number of benzene rings is 1. The molecule has 1 aromatic carbocycles. The predicted molar refractivity (Wildman–Crippen MR) is 74.6 cm³/mol. The molecule has 100 valence electrons. The third-order valence-corrected chi connectivity index (χ3v) is 3.91. The number of rotatable bonds is 5. The van der Waals surface area contributed by atoms with Crippen molar-refractivity contribution < 1.29 is 4.74 Å². The van der Waals surface area contributed by atoms with Gasteiger partial charge in [-0.1, -0.05) is 25.0 Å². The van der Waals surface area contributed by atoms with E-state index in [1.165, 1.54) is 31.2 Å². The van der Waals surface area contributed by atoms with Crippen LogP contribution in [0.2, 0.25) is 0 Å². The molecule has 2 unspecified atom stereocenters. The van der Waals surface area contributed by atoms with Crippen molar-refractivity contribution in [3.8, 4) is 5.75 Å². The molecule has 0 aromatic heterocycles. The van der Waals surface area contributed by atoms with Gasteiger partial charge < -0.3 is 15.8 Å². The summed E-state index contributed by atoms with van der Waals surface area (Å²) in [6.45, 7) is 1.70. The highest BCUT2D eigenvalue weighted by molar-refractivity contribution is 5.28. The van der Waals surface area contributed by atoms with Crippen LogP contribution < -0.4 is 15.8 Å². The van der Waals surface area contributed by atoms with Gasteiger partial charge in [-0.3, -0.25) is 0 Å². The first kappa shape index (κ1) is 13.4. The lowest BCUT2D eigenvalue weighted by molar-refractivity contribution is 0.267. The molecule has 0 amide bonds. The van der Waals surface area contributed by atoms with Crippen molar-refractivity contribution in [1.29, 1.82) is 0 Å². The van der Waals surface area contributed by atoms with Crippen LogP contribution in [0, 0.1) is 5.92 Å². The SMILES string of the molecule is COc1cccc(CNC2CCCCC2CN)c1. The number of nitrogens with one attached hydrogen (secondary N) is 1. The molecule has 1 aliphatic carbocycles. The molecule has 0 aliphatic heterocycles. The smallest absolute Gasteiger partial charge is 0.119 e. The minimum atomic E-state index is 0.579. The van der Waals surface area contributed by atoms with Gasteiger partial charge in [-0.2, -0.15) is 0 Å². The molecule has 0 saturated heterocycles. The van der Waals surface area contributed by atoms with E-state index in [9.17, 15) is 0 Å². The first-order chi connectivity index (χ1) is 8.83. The topological polar surface area (TPSA) is 47.3 Å². The quantitative estimate of drug-likeness (QED) is 0.840. The summed E-state index contributed by atoms with van der Waals surface area (Å²) in [5, 5.41) is 3.65. The van der Waals surface area contributed by atoms with Crippen molar-refractivity contribution in [3.63, 3.8) is 0 Å². The second-order valence-electron chi connectivity index (χ2n) is 5.12. The summed E-state index contributed by atoms with van der Waals surface area (Å²) in [7, 11) is 1.71. The molecule has 3 heteroatoms. The van der Waals surface area contributed by atoms with E-state index in [0.717, 1.165) is 18.8 Å². The van der Waals surface area contributed by atoms with Crippen molar-refractivity contribution in [2.45, 2.75) is 38.3 Å². The zero-order valence-corrected chi connectivity index (χ0v) is 11.2. The van der Waals surface area contributed by atoms with Gasteiger partial charge in [0, 0.05) is 12.6 Å². The number of ether oxygens (including phenoxy) is 1. The molecule has 2 atom stereocenters. The minimum absolute atomic E-state index is 0.579. The second kappa shape index (κ2) is 6.76. The molecular formula is C15H24N2O. The zero-order valence-electron chi connectivity index (χ0n) is 11.2. The van der Waals surface area contributed by atoms with Gasteiger partial charge in [0.25, 0.3) is 0 Å². The molecule has 18 heavy (non-hydrogen) atoms. The van der Waals surface area contributed by atoms with Gasteiger partial charge >= 0.3 is 0 Å². The normalized spacial score (nSPS) is 23.9. The Balaban J connectivity index is 1.89. The lowest BCUT2D eigenvalue weighted by atomic mass is 9.84. The molecule has 0 radical (unpaired) electrons. The van der Waals surface area contributed by atoms with Crippen LogP contribution >= 0.6 is 0 Å². The number of methoxy groups -OCH3 is 1. The Hall–Kier alpha value is -1.06. The van der Waals surface area contributed by atoms with Gasteiger partial charge in [-0.25, -0.2) is 0 Å². The standard InChI is InChI=1S/C15H24N2O/c1-18-14-7-4-5-12(9-14)11-17-15-8-3-2-6-13(15)10-16/h4-5,7,9,13,15,17H,2-3,6,8,10-11,16H2,1H3. The second-order valence-corrected chi connectivity index (χ2v) is 5.12. The molecule has 1 aliphatic rings. The fourth-order valence-corrected chi connectivity index (χ4v) is 2.79. The first-order valence-corrected chi connectivity index (χ1v) is 6.90. The average molecular weight is 248 g/mol. The van der Waals surface area contributed by atoms with E-state index in [1.807, 2.05) is 12.1 Å². The maximum absolute atomic E-state index is 5.85. The Labute approximate surface area is 110 Å². The fourth-order valence-electron chi connectivity index (χ4n) is 2.79. The summed E-state index contributed by atoms with van der Waals surface area (Å²) in [6, 6.07) is 8.82. The predicted octanol–water partition coefficient (Wildman–Crippen LogP) is 2.30. The van der Waals surface area contributed by atoms with Crippen LogP contribution in [0.3, 0.4) is 0 Å². The maximum Gasteiger partial charge on any atom is 0.119 e. The van der Waals surface area contributed by atoms with Gasteiger partial charge in [-0.05, 0) is 43.0 Å². The molecule has 3 nitrogen and oxygen atoms in total. The van der Waals surface area contributed by atoms with E-state index < -0.39 is 0 Å². The van der Waals surface area contributed by atoms with Crippen LogP contribution in [-0.4, -0.2) is 19.7 Å². The Morgan fingerprint density at radius 1 is 1.33 bits per heavy atom. The van der Waals surface area contributed by atoms with E-state index in [0.29, 0.717) is 12.0 Å². The van der Waals surface area contributed by atoms with E-state index >= 15 is 0 Å². The van der Waals surface area contributed by atoms with E-state index in [4.69, 9.17) is 10.5 Å². The Morgan fingerprint density at radius 2 is 2.17 bits per heavy atom. The highest BCUT2D eigenvalue weighted by Crippen LogP contribution is 2.24. The Bertz CT molecular complexity index is 367. The van der Waals surface area contributed by atoms with Crippen LogP contribution in [0.1, 0.15) is 31.2 Å². The van der Waals surface area contributed by atoms with Crippen LogP contribution in [-0.2, 0) is 6.54 Å². The minimum Gasteiger partial charge on any atom is -0.497 e. The molecule has 0 heterocycles. The summed E-state index contributed by atoms with van der Waals surface area (Å²) < 4.78 is 5.24. The van der Waals surface area contributed by atoms with E-state index in [-0.39, 0.29) is 0 Å². The van der Waals surface area contributed by atoms with Gasteiger partial charge in [0.05, 0.1) is 7.11 Å². The maximum atomic E-state index is 5.85. The van der Waals surface area contributed by atoms with Crippen molar-refractivity contribution >= 4 is 0 Å².